The number of nitrogens with one attached hydrogen (secondary N) is 1. The van der Waals surface area contributed by atoms with Crippen molar-refractivity contribution >= 4 is 0 Å². The number of hydrogen-bond donors (Lipinski definition) is 2. The summed E-state index contributed by atoms with van der Waals surface area (Å²) in [6.07, 6.45) is 0.510. The first-order valence-electron chi connectivity index (χ1n) is 3.64. The van der Waals surface area contributed by atoms with E-state index in [1.807, 2.05) is 4.98 Å². The molecule has 0 aromatic carbocycles. The van der Waals surface area contributed by atoms with Gasteiger partial charge in [0.05, 0.1) is 6.61 Å². The first kappa shape index (κ1) is 9.69. The molecule has 0 spiro atoms. The van der Waals surface area contributed by atoms with Gasteiger partial charge in [-0.15, -0.1) is 0 Å². The highest BCUT2D eigenvalue weighted by atomic mass is 16.5. The minimum Gasteiger partial charge on any atom is -0.392 e. The molecule has 0 fully saturated rings. The van der Waals surface area contributed by atoms with Crippen LogP contribution in [-0.4, -0.2) is 28.4 Å². The van der Waals surface area contributed by atoms with Gasteiger partial charge in [-0.1, -0.05) is 0 Å². The molecule has 13 heavy (non-hydrogen) atoms. The Bertz CT molecular complexity index is 377. The number of aliphatic hydroxyl groups is 1. The summed E-state index contributed by atoms with van der Waals surface area (Å²) in [6.45, 7) is -0.331. The highest BCUT2D eigenvalue weighted by Crippen LogP contribution is 1.99. The molecule has 0 aliphatic heterocycles. The van der Waals surface area contributed by atoms with Gasteiger partial charge in [-0.25, -0.2) is 4.79 Å². The van der Waals surface area contributed by atoms with Crippen molar-refractivity contribution in [3.05, 3.63) is 33.1 Å². The number of nitrogens with zero attached hydrogens (tertiary/aromatic N) is 1. The van der Waals surface area contributed by atoms with Crippen molar-refractivity contribution in [1.29, 1.82) is 0 Å². The van der Waals surface area contributed by atoms with Crippen molar-refractivity contribution in [2.75, 3.05) is 13.7 Å². The average molecular weight is 186 g/mol. The Kier molecular flexibility index (Phi) is 2.99. The normalized spacial score (nSPS) is 12.8. The van der Waals surface area contributed by atoms with Gasteiger partial charge >= 0.3 is 5.69 Å². The van der Waals surface area contributed by atoms with E-state index in [1.54, 1.807) is 0 Å². The topological polar surface area (TPSA) is 84.3 Å². The number of methoxy groups -OCH3 is 1. The van der Waals surface area contributed by atoms with Crippen LogP contribution >= 0.6 is 0 Å². The molecule has 0 aliphatic carbocycles. The summed E-state index contributed by atoms with van der Waals surface area (Å²) in [5, 5.41) is 8.80. The SMILES string of the molecule is CO[C@H](CO)n1ccc(=O)[nH]c1=O. The smallest absolute Gasteiger partial charge is 0.330 e. The number of aromatic amines is 1. The summed E-state index contributed by atoms with van der Waals surface area (Å²) >= 11 is 0. The molecule has 72 valence electrons. The van der Waals surface area contributed by atoms with Crippen LogP contribution in [0.2, 0.25) is 0 Å². The molecule has 1 atom stereocenters. The van der Waals surface area contributed by atoms with Crippen LogP contribution in [0.15, 0.2) is 21.9 Å². The van der Waals surface area contributed by atoms with Gasteiger partial charge in [-0.3, -0.25) is 14.3 Å². The van der Waals surface area contributed by atoms with Crippen molar-refractivity contribution in [3.63, 3.8) is 0 Å². The van der Waals surface area contributed by atoms with Crippen molar-refractivity contribution < 1.29 is 9.84 Å². The zero-order chi connectivity index (χ0) is 9.84. The van der Waals surface area contributed by atoms with Crippen LogP contribution in [0, 0.1) is 0 Å². The van der Waals surface area contributed by atoms with E-state index in [0.29, 0.717) is 0 Å². The Morgan fingerprint density at radius 3 is 2.85 bits per heavy atom. The Labute approximate surface area is 73.4 Å². The number of aromatic nitrogens is 2. The zero-order valence-corrected chi connectivity index (χ0v) is 7.06. The molecule has 6 heteroatoms. The molecule has 0 bridgehead atoms. The van der Waals surface area contributed by atoms with Crippen LogP contribution < -0.4 is 11.2 Å². The molecule has 1 heterocycles. The zero-order valence-electron chi connectivity index (χ0n) is 7.06. The second-order valence-corrected chi connectivity index (χ2v) is 2.39. The van der Waals surface area contributed by atoms with Gasteiger partial charge in [0.2, 0.25) is 0 Å². The second-order valence-electron chi connectivity index (χ2n) is 2.39. The standard InChI is InChI=1S/C7H10N2O4/c1-13-6(4-10)9-3-2-5(11)8-7(9)12/h2-3,6,10H,4H2,1H3,(H,8,11,12)/t6-/m1/s1. The minimum atomic E-state index is -0.760. The van der Waals surface area contributed by atoms with Crippen molar-refractivity contribution in [2.24, 2.45) is 0 Å². The number of H-pyrrole nitrogens is 1. The van der Waals surface area contributed by atoms with Crippen molar-refractivity contribution in [2.45, 2.75) is 6.23 Å². The maximum atomic E-state index is 11.1. The average Bonchev–Trinajstić information content (AvgIpc) is 2.10. The third kappa shape index (κ3) is 2.04. The number of ether oxygens (including phenoxy) is 1. The molecule has 6 nitrogen and oxygen atoms in total. The van der Waals surface area contributed by atoms with Crippen LogP contribution in [-0.2, 0) is 4.74 Å². The van der Waals surface area contributed by atoms with E-state index in [0.717, 1.165) is 4.57 Å². The molecule has 0 unspecified atom stereocenters. The number of aliphatic hydroxyl groups excluding tert-OH is 1. The summed E-state index contributed by atoms with van der Waals surface area (Å²) < 4.78 is 5.90. The van der Waals surface area contributed by atoms with E-state index < -0.39 is 17.5 Å². The van der Waals surface area contributed by atoms with Crippen molar-refractivity contribution in [1.82, 2.24) is 9.55 Å². The van der Waals surface area contributed by atoms with E-state index in [-0.39, 0.29) is 6.61 Å². The molecule has 0 saturated carbocycles. The van der Waals surface area contributed by atoms with Gasteiger partial charge in [0.1, 0.15) is 0 Å². The molecule has 0 radical (unpaired) electrons. The van der Waals surface area contributed by atoms with Gasteiger partial charge in [-0.05, 0) is 0 Å². The van der Waals surface area contributed by atoms with Gasteiger partial charge in [0, 0.05) is 19.4 Å². The molecular weight excluding hydrogens is 176 g/mol. The highest BCUT2D eigenvalue weighted by Gasteiger charge is 2.08. The van der Waals surface area contributed by atoms with Crippen LogP contribution in [0.3, 0.4) is 0 Å². The fraction of sp³-hybridized carbons (Fsp3) is 0.429. The Balaban J connectivity index is 3.14. The van der Waals surface area contributed by atoms with Gasteiger partial charge in [0.25, 0.3) is 5.56 Å². The molecule has 1 aromatic rings. The molecule has 0 amide bonds. The summed E-state index contributed by atoms with van der Waals surface area (Å²) in [4.78, 5) is 23.8. The third-order valence-electron chi connectivity index (χ3n) is 1.59. The van der Waals surface area contributed by atoms with Crippen LogP contribution in [0.25, 0.3) is 0 Å². The number of rotatable bonds is 3. The quantitative estimate of drug-likeness (QED) is 0.612. The molecule has 1 aromatic heterocycles. The van der Waals surface area contributed by atoms with Gasteiger partial charge in [0.15, 0.2) is 6.23 Å². The first-order valence-corrected chi connectivity index (χ1v) is 3.64. The molecule has 0 aliphatic rings. The third-order valence-corrected chi connectivity index (χ3v) is 1.59. The Morgan fingerprint density at radius 2 is 2.38 bits per heavy atom. The summed E-state index contributed by atoms with van der Waals surface area (Å²) in [5.41, 5.74) is -1.08. The van der Waals surface area contributed by atoms with Gasteiger partial charge < -0.3 is 9.84 Å². The number of hydrogen-bond acceptors (Lipinski definition) is 4. The lowest BCUT2D eigenvalue weighted by Crippen LogP contribution is -2.33. The van der Waals surface area contributed by atoms with Crippen LogP contribution in [0.5, 0.6) is 0 Å². The first-order chi connectivity index (χ1) is 6.19. The predicted octanol–water partition coefficient (Wildman–Crippen LogP) is -1.33. The molecule has 2 N–H and O–H groups in total. The maximum Gasteiger partial charge on any atom is 0.330 e. The lowest BCUT2D eigenvalue weighted by atomic mass is 10.5. The van der Waals surface area contributed by atoms with E-state index in [1.165, 1.54) is 19.4 Å². The predicted molar refractivity (Wildman–Crippen MR) is 44.5 cm³/mol. The molecular formula is C7H10N2O4. The maximum absolute atomic E-state index is 11.1. The summed E-state index contributed by atoms with van der Waals surface area (Å²) in [7, 11) is 1.36. The monoisotopic (exact) mass is 186 g/mol. The fourth-order valence-corrected chi connectivity index (χ4v) is 0.930. The van der Waals surface area contributed by atoms with E-state index >= 15 is 0 Å². The van der Waals surface area contributed by atoms with E-state index in [2.05, 4.69) is 0 Å². The van der Waals surface area contributed by atoms with E-state index in [4.69, 9.17) is 9.84 Å². The summed E-state index contributed by atoms with van der Waals surface area (Å²) in [6, 6.07) is 1.18. The van der Waals surface area contributed by atoms with Crippen molar-refractivity contribution in [3.8, 4) is 0 Å². The van der Waals surface area contributed by atoms with Gasteiger partial charge in [-0.2, -0.15) is 0 Å². The van der Waals surface area contributed by atoms with Crippen LogP contribution in [0.1, 0.15) is 6.23 Å². The molecule has 0 saturated heterocycles. The Morgan fingerprint density at radius 1 is 1.69 bits per heavy atom. The highest BCUT2D eigenvalue weighted by molar-refractivity contribution is 4.83. The van der Waals surface area contributed by atoms with E-state index in [9.17, 15) is 9.59 Å². The lowest BCUT2D eigenvalue weighted by Gasteiger charge is -2.13. The second kappa shape index (κ2) is 4.01. The lowest BCUT2D eigenvalue weighted by molar-refractivity contribution is -0.00589. The fourth-order valence-electron chi connectivity index (χ4n) is 0.930. The molecule has 1 rings (SSSR count). The van der Waals surface area contributed by atoms with Crippen LogP contribution in [0.4, 0.5) is 0 Å². The Hall–Kier alpha value is -1.40. The minimum absolute atomic E-state index is 0.331. The summed E-state index contributed by atoms with van der Waals surface area (Å²) in [5.74, 6) is 0. The largest absolute Gasteiger partial charge is 0.392 e.